The summed E-state index contributed by atoms with van der Waals surface area (Å²) in [6, 6.07) is 5.37. The van der Waals surface area contributed by atoms with Crippen LogP contribution in [0.1, 0.15) is 70.4 Å². The highest BCUT2D eigenvalue weighted by Crippen LogP contribution is 2.40. The van der Waals surface area contributed by atoms with E-state index in [1.165, 1.54) is 42.5 Å². The Bertz CT molecular complexity index is 870. The van der Waals surface area contributed by atoms with Crippen molar-refractivity contribution in [1.82, 2.24) is 19.4 Å². The number of pyridine rings is 1. The van der Waals surface area contributed by atoms with E-state index in [-0.39, 0.29) is 0 Å². The molecule has 0 saturated heterocycles. The van der Waals surface area contributed by atoms with Gasteiger partial charge in [-0.15, -0.1) is 0 Å². The lowest BCUT2D eigenvalue weighted by molar-refractivity contribution is 0.357. The minimum atomic E-state index is 0.497. The van der Waals surface area contributed by atoms with Gasteiger partial charge in [0.25, 0.3) is 0 Å². The number of aryl methyl sites for hydroxylation is 1. The second-order valence-electron chi connectivity index (χ2n) is 7.85. The summed E-state index contributed by atoms with van der Waals surface area (Å²) in [5, 5.41) is 0. The number of hydrogen-bond donors (Lipinski definition) is 0. The number of unbranched alkanes of at least 4 members (excludes halogenated alkanes) is 1. The average molecular weight is 351 g/mol. The SMILES string of the molecule is CCCCc1ccc2nc(C3=CN(C)[C@H](CC)C(C)=C3)n(C3CC3)c2n1. The number of aromatic nitrogens is 3. The number of fused-ring (bicyclic) bond motifs is 1. The lowest BCUT2D eigenvalue weighted by Crippen LogP contribution is -2.30. The van der Waals surface area contributed by atoms with Crippen molar-refractivity contribution in [3.8, 4) is 0 Å². The Morgan fingerprint density at radius 3 is 2.62 bits per heavy atom. The highest BCUT2D eigenvalue weighted by atomic mass is 15.2. The van der Waals surface area contributed by atoms with E-state index in [0.717, 1.165) is 29.8 Å². The highest BCUT2D eigenvalue weighted by Gasteiger charge is 2.31. The van der Waals surface area contributed by atoms with Crippen molar-refractivity contribution in [1.29, 1.82) is 0 Å². The van der Waals surface area contributed by atoms with Crippen molar-refractivity contribution in [2.24, 2.45) is 0 Å². The highest BCUT2D eigenvalue weighted by molar-refractivity contribution is 5.81. The summed E-state index contributed by atoms with van der Waals surface area (Å²) in [4.78, 5) is 12.3. The summed E-state index contributed by atoms with van der Waals surface area (Å²) in [7, 11) is 2.18. The first kappa shape index (κ1) is 17.3. The van der Waals surface area contributed by atoms with Gasteiger partial charge in [-0.25, -0.2) is 9.97 Å². The maximum absolute atomic E-state index is 5.00. The van der Waals surface area contributed by atoms with Gasteiger partial charge in [-0.1, -0.05) is 25.8 Å². The molecule has 0 aromatic carbocycles. The smallest absolute Gasteiger partial charge is 0.160 e. The van der Waals surface area contributed by atoms with Crippen molar-refractivity contribution in [3.63, 3.8) is 0 Å². The van der Waals surface area contributed by atoms with E-state index in [2.05, 4.69) is 61.7 Å². The Kier molecular flexibility index (Phi) is 4.60. The fraction of sp³-hybridized carbons (Fsp3) is 0.545. The summed E-state index contributed by atoms with van der Waals surface area (Å²) < 4.78 is 2.40. The third kappa shape index (κ3) is 3.06. The van der Waals surface area contributed by atoms with Gasteiger partial charge >= 0.3 is 0 Å². The first-order chi connectivity index (χ1) is 12.6. The predicted octanol–water partition coefficient (Wildman–Crippen LogP) is 5.12. The molecule has 1 saturated carbocycles. The molecule has 2 aromatic heterocycles. The molecule has 138 valence electrons. The second kappa shape index (κ2) is 6.90. The maximum Gasteiger partial charge on any atom is 0.160 e. The van der Waals surface area contributed by atoms with Crippen molar-refractivity contribution in [2.45, 2.75) is 71.4 Å². The lowest BCUT2D eigenvalue weighted by atomic mass is 9.98. The molecule has 4 heteroatoms. The Morgan fingerprint density at radius 2 is 1.96 bits per heavy atom. The van der Waals surface area contributed by atoms with Gasteiger partial charge in [0, 0.05) is 36.6 Å². The monoisotopic (exact) mass is 350 g/mol. The molecule has 1 atom stereocenters. The van der Waals surface area contributed by atoms with Crippen LogP contribution >= 0.6 is 0 Å². The van der Waals surface area contributed by atoms with Crippen LogP contribution in [0.2, 0.25) is 0 Å². The van der Waals surface area contributed by atoms with Crippen LogP contribution < -0.4 is 0 Å². The number of rotatable bonds is 6. The van der Waals surface area contributed by atoms with E-state index >= 15 is 0 Å². The molecule has 0 spiro atoms. The lowest BCUT2D eigenvalue weighted by Gasteiger charge is -2.31. The third-order valence-electron chi connectivity index (χ3n) is 5.68. The molecular formula is C22H30N4. The van der Waals surface area contributed by atoms with Crippen molar-refractivity contribution < 1.29 is 0 Å². The second-order valence-corrected chi connectivity index (χ2v) is 7.85. The molecule has 26 heavy (non-hydrogen) atoms. The third-order valence-corrected chi connectivity index (χ3v) is 5.68. The van der Waals surface area contributed by atoms with E-state index in [1.54, 1.807) is 0 Å². The zero-order valence-corrected chi connectivity index (χ0v) is 16.5. The largest absolute Gasteiger partial charge is 0.373 e. The van der Waals surface area contributed by atoms with Gasteiger partial charge in [-0.2, -0.15) is 0 Å². The summed E-state index contributed by atoms with van der Waals surface area (Å²) in [6.45, 7) is 6.72. The van der Waals surface area contributed by atoms with Gasteiger partial charge < -0.3 is 9.47 Å². The van der Waals surface area contributed by atoms with E-state index in [4.69, 9.17) is 9.97 Å². The molecular weight excluding hydrogens is 320 g/mol. The quantitative estimate of drug-likeness (QED) is 0.725. The van der Waals surface area contributed by atoms with Crippen LogP contribution in [0.15, 0.2) is 30.0 Å². The van der Waals surface area contributed by atoms with E-state index < -0.39 is 0 Å². The van der Waals surface area contributed by atoms with Crippen molar-refractivity contribution >= 4 is 16.7 Å². The van der Waals surface area contributed by atoms with Crippen LogP contribution in [0.25, 0.3) is 16.7 Å². The molecule has 2 aromatic rings. The number of likely N-dealkylation sites (N-methyl/N-ethyl adjacent to an activating group) is 1. The fourth-order valence-corrected chi connectivity index (χ4v) is 4.13. The van der Waals surface area contributed by atoms with Crippen LogP contribution in [0, 0.1) is 0 Å². The molecule has 0 radical (unpaired) electrons. The fourth-order valence-electron chi connectivity index (χ4n) is 4.13. The molecule has 3 heterocycles. The summed E-state index contributed by atoms with van der Waals surface area (Å²) in [5.74, 6) is 1.09. The first-order valence-electron chi connectivity index (χ1n) is 10.1. The Morgan fingerprint density at radius 1 is 1.15 bits per heavy atom. The van der Waals surface area contributed by atoms with Gasteiger partial charge in [0.2, 0.25) is 0 Å². The Labute approximate surface area is 156 Å². The Balaban J connectivity index is 1.79. The van der Waals surface area contributed by atoms with E-state index in [1.807, 2.05) is 0 Å². The van der Waals surface area contributed by atoms with Crippen LogP contribution in [0.3, 0.4) is 0 Å². The first-order valence-corrected chi connectivity index (χ1v) is 10.1. The van der Waals surface area contributed by atoms with Crippen LogP contribution in [0.4, 0.5) is 0 Å². The summed E-state index contributed by atoms with van der Waals surface area (Å²) >= 11 is 0. The standard InChI is InChI=1S/C22H30N4/c1-5-7-8-17-9-12-19-22(23-17)26(18-10-11-18)21(24-19)16-13-15(3)20(6-2)25(4)14-16/h9,12-14,18,20H,5-8,10-11H2,1-4H3/t20-/m1/s1. The molecule has 1 aliphatic heterocycles. The van der Waals surface area contributed by atoms with Crippen LogP contribution in [-0.4, -0.2) is 32.5 Å². The predicted molar refractivity (Wildman–Crippen MR) is 108 cm³/mol. The molecule has 1 fully saturated rings. The number of allylic oxidation sites excluding steroid dienone is 2. The molecule has 2 aliphatic rings. The Hall–Kier alpha value is -2.10. The van der Waals surface area contributed by atoms with Crippen LogP contribution in [-0.2, 0) is 6.42 Å². The van der Waals surface area contributed by atoms with Crippen LogP contribution in [0.5, 0.6) is 0 Å². The van der Waals surface area contributed by atoms with Gasteiger partial charge in [0.05, 0.1) is 0 Å². The number of hydrogen-bond acceptors (Lipinski definition) is 3. The van der Waals surface area contributed by atoms with E-state index in [9.17, 15) is 0 Å². The van der Waals surface area contributed by atoms with Crippen molar-refractivity contribution in [2.75, 3.05) is 7.05 Å². The summed E-state index contributed by atoms with van der Waals surface area (Å²) in [6.07, 6.45) is 11.6. The molecule has 0 amide bonds. The normalized spacial score (nSPS) is 20.5. The topological polar surface area (TPSA) is 34.0 Å². The minimum absolute atomic E-state index is 0.497. The maximum atomic E-state index is 5.00. The van der Waals surface area contributed by atoms with Gasteiger partial charge in [0.1, 0.15) is 11.3 Å². The molecule has 1 aliphatic carbocycles. The number of imidazole rings is 1. The van der Waals surface area contributed by atoms with E-state index in [0.29, 0.717) is 12.1 Å². The molecule has 0 N–H and O–H groups in total. The van der Waals surface area contributed by atoms with Gasteiger partial charge in [-0.05, 0) is 57.2 Å². The molecule has 4 rings (SSSR count). The molecule has 4 nitrogen and oxygen atoms in total. The molecule has 0 unspecified atom stereocenters. The molecule has 0 bridgehead atoms. The zero-order chi connectivity index (χ0) is 18.3. The average Bonchev–Trinajstić information content (AvgIpc) is 3.39. The van der Waals surface area contributed by atoms with Gasteiger partial charge in [0.15, 0.2) is 5.65 Å². The summed E-state index contributed by atoms with van der Waals surface area (Å²) in [5.41, 5.74) is 5.93. The van der Waals surface area contributed by atoms with Gasteiger partial charge in [-0.3, -0.25) is 0 Å². The van der Waals surface area contributed by atoms with Crippen molar-refractivity contribution in [3.05, 3.63) is 41.5 Å². The zero-order valence-electron chi connectivity index (χ0n) is 16.5. The number of nitrogens with zero attached hydrogens (tertiary/aromatic N) is 4. The minimum Gasteiger partial charge on any atom is -0.373 e.